The third kappa shape index (κ3) is 3.47. The van der Waals surface area contributed by atoms with Gasteiger partial charge in [0.25, 0.3) is 0 Å². The molecule has 0 saturated carbocycles. The average molecular weight is 306 g/mol. The maximum atomic E-state index is 8.77. The van der Waals surface area contributed by atoms with Crippen molar-refractivity contribution in [3.05, 3.63) is 60.0 Å². The number of hydrogen-bond acceptors (Lipinski definition) is 6. The van der Waals surface area contributed by atoms with E-state index < -0.39 is 0 Å². The summed E-state index contributed by atoms with van der Waals surface area (Å²) >= 11 is 0. The van der Waals surface area contributed by atoms with Gasteiger partial charge in [-0.15, -0.1) is 10.2 Å². The summed E-state index contributed by atoms with van der Waals surface area (Å²) in [6, 6.07) is 16.7. The van der Waals surface area contributed by atoms with Crippen LogP contribution >= 0.6 is 0 Å². The summed E-state index contributed by atoms with van der Waals surface area (Å²) in [6.07, 6.45) is 0. The lowest BCUT2D eigenvalue weighted by atomic mass is 10.2. The molecule has 0 aliphatic carbocycles. The molecule has 1 aromatic heterocycles. The van der Waals surface area contributed by atoms with Crippen LogP contribution in [0.15, 0.2) is 52.9 Å². The monoisotopic (exact) mass is 306 g/mol. The fourth-order valence-corrected chi connectivity index (χ4v) is 2.04. The van der Waals surface area contributed by atoms with E-state index in [0.29, 0.717) is 23.9 Å². The topological polar surface area (TPSA) is 84.0 Å². The van der Waals surface area contributed by atoms with E-state index >= 15 is 0 Å². The summed E-state index contributed by atoms with van der Waals surface area (Å²) in [4.78, 5) is 0. The molecule has 23 heavy (non-hydrogen) atoms. The van der Waals surface area contributed by atoms with Gasteiger partial charge in [0.2, 0.25) is 11.8 Å². The number of methoxy groups -OCH3 is 1. The van der Waals surface area contributed by atoms with Gasteiger partial charge in [-0.25, -0.2) is 0 Å². The van der Waals surface area contributed by atoms with Gasteiger partial charge in [-0.1, -0.05) is 6.07 Å². The van der Waals surface area contributed by atoms with Crippen LogP contribution in [0, 0.1) is 11.3 Å². The van der Waals surface area contributed by atoms with Gasteiger partial charge in [0.1, 0.15) is 5.75 Å². The van der Waals surface area contributed by atoms with Crippen LogP contribution in [0.5, 0.6) is 5.75 Å². The van der Waals surface area contributed by atoms with Crippen LogP contribution in [0.3, 0.4) is 0 Å². The fraction of sp³-hybridized carbons (Fsp3) is 0.118. The zero-order chi connectivity index (χ0) is 16.1. The van der Waals surface area contributed by atoms with Gasteiger partial charge in [0.05, 0.1) is 25.3 Å². The van der Waals surface area contributed by atoms with Crippen LogP contribution in [-0.4, -0.2) is 17.3 Å². The molecule has 6 nitrogen and oxygen atoms in total. The van der Waals surface area contributed by atoms with Crippen molar-refractivity contribution in [1.29, 1.82) is 5.26 Å². The second kappa shape index (κ2) is 6.62. The van der Waals surface area contributed by atoms with E-state index in [1.165, 1.54) is 0 Å². The highest BCUT2D eigenvalue weighted by Gasteiger charge is 2.09. The summed E-state index contributed by atoms with van der Waals surface area (Å²) in [5.41, 5.74) is 2.31. The van der Waals surface area contributed by atoms with Gasteiger partial charge in [-0.05, 0) is 42.5 Å². The number of hydrogen-bond donors (Lipinski definition) is 1. The molecular weight excluding hydrogens is 292 g/mol. The third-order valence-electron chi connectivity index (χ3n) is 3.24. The first-order valence-corrected chi connectivity index (χ1v) is 6.99. The second-order valence-corrected chi connectivity index (χ2v) is 4.78. The van der Waals surface area contributed by atoms with Crippen LogP contribution in [0.4, 0.5) is 5.69 Å². The number of nitriles is 1. The lowest BCUT2D eigenvalue weighted by Crippen LogP contribution is -1.99. The molecule has 0 atom stereocenters. The number of benzene rings is 2. The van der Waals surface area contributed by atoms with E-state index in [4.69, 9.17) is 14.4 Å². The summed E-state index contributed by atoms with van der Waals surface area (Å²) in [5.74, 6) is 1.66. The van der Waals surface area contributed by atoms with Gasteiger partial charge >= 0.3 is 0 Å². The van der Waals surface area contributed by atoms with Crippen LogP contribution < -0.4 is 10.1 Å². The predicted octanol–water partition coefficient (Wildman–Crippen LogP) is 3.23. The van der Waals surface area contributed by atoms with Crippen LogP contribution in [-0.2, 0) is 6.54 Å². The number of anilines is 1. The predicted molar refractivity (Wildman–Crippen MR) is 84.8 cm³/mol. The molecule has 0 spiro atoms. The first-order valence-electron chi connectivity index (χ1n) is 6.99. The third-order valence-corrected chi connectivity index (χ3v) is 3.24. The standard InChI is InChI=1S/C17H14N4O2/c1-22-15-4-2-3-13(9-15)17-21-20-16(23-17)11-19-14-7-5-12(10-18)6-8-14/h2-9,19H,11H2,1H3. The maximum Gasteiger partial charge on any atom is 0.247 e. The Labute approximate surface area is 133 Å². The number of nitrogens with zero attached hydrogens (tertiary/aromatic N) is 3. The van der Waals surface area contributed by atoms with Crippen LogP contribution in [0.25, 0.3) is 11.5 Å². The highest BCUT2D eigenvalue weighted by molar-refractivity contribution is 5.55. The molecule has 0 aliphatic rings. The molecule has 1 N–H and O–H groups in total. The van der Waals surface area contributed by atoms with E-state index in [1.807, 2.05) is 36.4 Å². The van der Waals surface area contributed by atoms with E-state index in [0.717, 1.165) is 17.0 Å². The van der Waals surface area contributed by atoms with Crippen molar-refractivity contribution in [3.8, 4) is 23.3 Å². The van der Waals surface area contributed by atoms with E-state index in [2.05, 4.69) is 21.6 Å². The summed E-state index contributed by atoms with van der Waals surface area (Å²) in [5, 5.41) is 20.0. The van der Waals surface area contributed by atoms with Crippen molar-refractivity contribution in [3.63, 3.8) is 0 Å². The number of ether oxygens (including phenoxy) is 1. The quantitative estimate of drug-likeness (QED) is 0.779. The highest BCUT2D eigenvalue weighted by Crippen LogP contribution is 2.22. The molecule has 6 heteroatoms. The Morgan fingerprint density at radius 2 is 2.00 bits per heavy atom. The average Bonchev–Trinajstić information content (AvgIpc) is 3.09. The molecule has 3 rings (SSSR count). The van der Waals surface area contributed by atoms with E-state index in [-0.39, 0.29) is 0 Å². The lowest BCUT2D eigenvalue weighted by Gasteiger charge is -2.03. The van der Waals surface area contributed by atoms with E-state index in [1.54, 1.807) is 19.2 Å². The Kier molecular flexibility index (Phi) is 4.20. The molecule has 0 amide bonds. The smallest absolute Gasteiger partial charge is 0.247 e. The molecule has 0 aliphatic heterocycles. The Morgan fingerprint density at radius 3 is 2.74 bits per heavy atom. The van der Waals surface area contributed by atoms with Gasteiger partial charge in [-0.2, -0.15) is 5.26 Å². The molecule has 3 aromatic rings. The maximum absolute atomic E-state index is 8.77. The normalized spacial score (nSPS) is 10.1. The molecule has 2 aromatic carbocycles. The molecule has 0 saturated heterocycles. The summed E-state index contributed by atoms with van der Waals surface area (Å²) in [7, 11) is 1.61. The SMILES string of the molecule is COc1cccc(-c2nnc(CNc3ccc(C#N)cc3)o2)c1. The van der Waals surface area contributed by atoms with Crippen LogP contribution in [0.1, 0.15) is 11.5 Å². The molecule has 0 radical (unpaired) electrons. The Hall–Kier alpha value is -3.33. The van der Waals surface area contributed by atoms with E-state index in [9.17, 15) is 0 Å². The minimum atomic E-state index is 0.406. The minimum absolute atomic E-state index is 0.406. The number of rotatable bonds is 5. The molecule has 0 unspecified atom stereocenters. The van der Waals surface area contributed by atoms with Gasteiger partial charge in [-0.3, -0.25) is 0 Å². The van der Waals surface area contributed by atoms with Crippen molar-refractivity contribution in [2.75, 3.05) is 12.4 Å². The molecule has 0 bridgehead atoms. The summed E-state index contributed by atoms with van der Waals surface area (Å²) < 4.78 is 10.8. The highest BCUT2D eigenvalue weighted by atomic mass is 16.5. The fourth-order valence-electron chi connectivity index (χ4n) is 2.04. The summed E-state index contributed by atoms with van der Waals surface area (Å²) in [6.45, 7) is 0.406. The minimum Gasteiger partial charge on any atom is -0.497 e. The first kappa shape index (κ1) is 14.6. The van der Waals surface area contributed by atoms with Gasteiger partial charge in [0, 0.05) is 11.3 Å². The zero-order valence-electron chi connectivity index (χ0n) is 12.5. The molecule has 1 heterocycles. The van der Waals surface area contributed by atoms with Crippen molar-refractivity contribution in [2.45, 2.75) is 6.54 Å². The second-order valence-electron chi connectivity index (χ2n) is 4.78. The van der Waals surface area contributed by atoms with Gasteiger partial charge in [0.15, 0.2) is 0 Å². The zero-order valence-corrected chi connectivity index (χ0v) is 12.5. The van der Waals surface area contributed by atoms with Crippen molar-refractivity contribution in [1.82, 2.24) is 10.2 Å². The Morgan fingerprint density at radius 1 is 1.17 bits per heavy atom. The first-order chi connectivity index (χ1) is 11.3. The van der Waals surface area contributed by atoms with Gasteiger partial charge < -0.3 is 14.5 Å². The Bertz CT molecular complexity index is 834. The van der Waals surface area contributed by atoms with Crippen molar-refractivity contribution in [2.24, 2.45) is 0 Å². The molecule has 114 valence electrons. The number of aromatic nitrogens is 2. The number of nitrogens with one attached hydrogen (secondary N) is 1. The molecular formula is C17H14N4O2. The lowest BCUT2D eigenvalue weighted by molar-refractivity contribution is 0.414. The molecule has 0 fully saturated rings. The van der Waals surface area contributed by atoms with Crippen molar-refractivity contribution >= 4 is 5.69 Å². The van der Waals surface area contributed by atoms with Crippen molar-refractivity contribution < 1.29 is 9.15 Å². The Balaban J connectivity index is 1.68. The van der Waals surface area contributed by atoms with Crippen LogP contribution in [0.2, 0.25) is 0 Å². The largest absolute Gasteiger partial charge is 0.497 e.